The number of aryl methyl sites for hydroxylation is 4. The normalized spacial score (nSPS) is 12.2. The largest absolute Gasteiger partial charge is 0.453 e. The molecule has 0 aliphatic heterocycles. The van der Waals surface area contributed by atoms with Crippen LogP contribution in [0.25, 0.3) is 5.78 Å². The zero-order valence-corrected chi connectivity index (χ0v) is 17.5. The van der Waals surface area contributed by atoms with Gasteiger partial charge in [-0.3, -0.25) is 14.3 Å². The van der Waals surface area contributed by atoms with E-state index in [0.717, 1.165) is 22.6 Å². The summed E-state index contributed by atoms with van der Waals surface area (Å²) in [5, 5.41) is 11.2. The van der Waals surface area contributed by atoms with Gasteiger partial charge in [-0.25, -0.2) is 9.50 Å². The van der Waals surface area contributed by atoms with Crippen LogP contribution in [0.2, 0.25) is 0 Å². The molecule has 10 heteroatoms. The summed E-state index contributed by atoms with van der Waals surface area (Å²) in [6, 6.07) is 0. The summed E-state index contributed by atoms with van der Waals surface area (Å²) in [5.74, 6) is -0.321. The average molecular weight is 399 g/mol. The predicted octanol–water partition coefficient (Wildman–Crippen LogP) is 1.59. The molecule has 3 rings (SSSR count). The lowest BCUT2D eigenvalue weighted by Gasteiger charge is -2.14. The Kier molecular flexibility index (Phi) is 5.62. The van der Waals surface area contributed by atoms with Gasteiger partial charge in [0, 0.05) is 24.9 Å². The van der Waals surface area contributed by atoms with E-state index < -0.39 is 18.0 Å². The fraction of sp³-hybridized carbons (Fsp3) is 0.474. The summed E-state index contributed by atoms with van der Waals surface area (Å²) in [4.78, 5) is 33.2. The molecular weight excluding hydrogens is 374 g/mol. The van der Waals surface area contributed by atoms with Crippen molar-refractivity contribution < 1.29 is 14.3 Å². The SMILES string of the molecule is Cc1nc2ncnn2c(C)c1CCC(=O)OC(C)C(=O)Nc1c(C)nn(C)c1C. The Morgan fingerprint density at radius 2 is 1.90 bits per heavy atom. The van der Waals surface area contributed by atoms with Crippen LogP contribution >= 0.6 is 0 Å². The van der Waals surface area contributed by atoms with Crippen LogP contribution in [0.5, 0.6) is 0 Å². The molecular formula is C19H25N7O3. The van der Waals surface area contributed by atoms with Gasteiger partial charge in [0.05, 0.1) is 17.1 Å². The first-order chi connectivity index (χ1) is 13.7. The highest BCUT2D eigenvalue weighted by molar-refractivity contribution is 5.96. The molecule has 0 saturated carbocycles. The number of ether oxygens (including phenoxy) is 1. The van der Waals surface area contributed by atoms with E-state index in [-0.39, 0.29) is 6.42 Å². The minimum absolute atomic E-state index is 0.131. The fourth-order valence-corrected chi connectivity index (χ4v) is 3.23. The van der Waals surface area contributed by atoms with E-state index in [4.69, 9.17) is 4.74 Å². The number of carbonyl (C=O) groups excluding carboxylic acids is 2. The van der Waals surface area contributed by atoms with Gasteiger partial charge >= 0.3 is 5.97 Å². The van der Waals surface area contributed by atoms with Crippen molar-refractivity contribution in [3.63, 3.8) is 0 Å². The van der Waals surface area contributed by atoms with Crippen molar-refractivity contribution >= 4 is 23.3 Å². The summed E-state index contributed by atoms with van der Waals surface area (Å²) in [5.41, 5.74) is 4.77. The summed E-state index contributed by atoms with van der Waals surface area (Å²) >= 11 is 0. The Labute approximate surface area is 168 Å². The molecule has 29 heavy (non-hydrogen) atoms. The number of fused-ring (bicyclic) bond motifs is 1. The van der Waals surface area contributed by atoms with Gasteiger partial charge in [0.25, 0.3) is 11.7 Å². The van der Waals surface area contributed by atoms with E-state index in [1.807, 2.05) is 27.7 Å². The van der Waals surface area contributed by atoms with Crippen molar-refractivity contribution in [2.24, 2.45) is 7.05 Å². The van der Waals surface area contributed by atoms with Crippen LogP contribution in [-0.4, -0.2) is 47.3 Å². The van der Waals surface area contributed by atoms with Crippen molar-refractivity contribution in [3.05, 3.63) is 34.7 Å². The van der Waals surface area contributed by atoms with E-state index >= 15 is 0 Å². The minimum Gasteiger partial charge on any atom is -0.453 e. The summed E-state index contributed by atoms with van der Waals surface area (Å²) in [6.07, 6.45) is 1.10. The lowest BCUT2D eigenvalue weighted by molar-refractivity contribution is -0.153. The lowest BCUT2D eigenvalue weighted by atomic mass is 10.1. The Morgan fingerprint density at radius 1 is 1.17 bits per heavy atom. The van der Waals surface area contributed by atoms with Crippen LogP contribution in [-0.2, 0) is 27.8 Å². The van der Waals surface area contributed by atoms with Crippen LogP contribution in [0.3, 0.4) is 0 Å². The predicted molar refractivity (Wildman–Crippen MR) is 105 cm³/mol. The van der Waals surface area contributed by atoms with Gasteiger partial charge in [-0.2, -0.15) is 15.2 Å². The van der Waals surface area contributed by atoms with Crippen molar-refractivity contribution in [1.82, 2.24) is 29.4 Å². The van der Waals surface area contributed by atoms with Crippen LogP contribution in [0.1, 0.15) is 41.7 Å². The number of hydrogen-bond donors (Lipinski definition) is 1. The van der Waals surface area contributed by atoms with Crippen LogP contribution in [0.15, 0.2) is 6.33 Å². The highest BCUT2D eigenvalue weighted by Crippen LogP contribution is 2.19. The summed E-state index contributed by atoms with van der Waals surface area (Å²) < 4.78 is 8.64. The van der Waals surface area contributed by atoms with Gasteiger partial charge in [0.1, 0.15) is 6.33 Å². The second kappa shape index (κ2) is 7.98. The molecule has 0 radical (unpaired) electrons. The number of amides is 1. The third-order valence-corrected chi connectivity index (χ3v) is 5.00. The highest BCUT2D eigenvalue weighted by atomic mass is 16.5. The number of rotatable bonds is 6. The van der Waals surface area contributed by atoms with Crippen LogP contribution in [0.4, 0.5) is 5.69 Å². The van der Waals surface area contributed by atoms with Crippen molar-refractivity contribution in [1.29, 1.82) is 0 Å². The second-order valence-electron chi connectivity index (χ2n) is 7.02. The van der Waals surface area contributed by atoms with E-state index in [1.54, 1.807) is 23.2 Å². The van der Waals surface area contributed by atoms with Crippen molar-refractivity contribution in [2.45, 2.75) is 53.6 Å². The van der Waals surface area contributed by atoms with Crippen molar-refractivity contribution in [3.8, 4) is 0 Å². The highest BCUT2D eigenvalue weighted by Gasteiger charge is 2.21. The van der Waals surface area contributed by atoms with Gasteiger partial charge in [-0.05, 0) is 46.6 Å². The number of hydrogen-bond acceptors (Lipinski definition) is 7. The molecule has 3 heterocycles. The number of anilines is 1. The number of esters is 1. The first kappa shape index (κ1) is 20.4. The topological polar surface area (TPSA) is 116 Å². The fourth-order valence-electron chi connectivity index (χ4n) is 3.23. The van der Waals surface area contributed by atoms with E-state index in [9.17, 15) is 9.59 Å². The van der Waals surface area contributed by atoms with Crippen molar-refractivity contribution in [2.75, 3.05) is 5.32 Å². The quantitative estimate of drug-likeness (QED) is 0.626. The number of carbonyl (C=O) groups is 2. The molecule has 3 aromatic rings. The molecule has 154 valence electrons. The minimum atomic E-state index is -0.917. The maximum Gasteiger partial charge on any atom is 0.306 e. The molecule has 0 aliphatic carbocycles. The maximum absolute atomic E-state index is 12.4. The molecule has 3 aromatic heterocycles. The third-order valence-electron chi connectivity index (χ3n) is 5.00. The molecule has 0 aliphatic rings. The number of nitrogens with one attached hydrogen (secondary N) is 1. The van der Waals surface area contributed by atoms with Crippen LogP contribution < -0.4 is 5.32 Å². The molecule has 1 amide bonds. The molecule has 0 bridgehead atoms. The third kappa shape index (κ3) is 4.10. The molecule has 0 fully saturated rings. The van der Waals surface area contributed by atoms with Gasteiger partial charge in [0.15, 0.2) is 6.10 Å². The Bertz CT molecular complexity index is 1080. The monoisotopic (exact) mass is 399 g/mol. The standard InChI is InChI=1S/C19H25N7O3/c1-10-15(12(3)26-19(22-10)20-9-21-26)7-8-16(27)29-14(5)18(28)23-17-11(2)24-25(6)13(17)4/h9,14H,7-8H2,1-6H3,(H,23,28). The first-order valence-corrected chi connectivity index (χ1v) is 9.35. The Balaban J connectivity index is 1.60. The van der Waals surface area contributed by atoms with E-state index in [0.29, 0.717) is 23.6 Å². The average Bonchev–Trinajstić information content (AvgIpc) is 3.21. The molecule has 1 N–H and O–H groups in total. The molecule has 0 spiro atoms. The molecule has 1 atom stereocenters. The summed E-state index contributed by atoms with van der Waals surface area (Å²) in [7, 11) is 1.80. The van der Waals surface area contributed by atoms with Gasteiger partial charge in [0.2, 0.25) is 0 Å². The lowest BCUT2D eigenvalue weighted by Crippen LogP contribution is -2.30. The van der Waals surface area contributed by atoms with E-state index in [1.165, 1.54) is 6.33 Å². The zero-order chi connectivity index (χ0) is 21.3. The van der Waals surface area contributed by atoms with Crippen LogP contribution in [0, 0.1) is 27.7 Å². The summed E-state index contributed by atoms with van der Waals surface area (Å²) in [6.45, 7) is 9.00. The molecule has 0 aromatic carbocycles. The van der Waals surface area contributed by atoms with Gasteiger partial charge < -0.3 is 10.1 Å². The number of aromatic nitrogens is 6. The number of nitrogens with zero attached hydrogens (tertiary/aromatic N) is 6. The second-order valence-corrected chi connectivity index (χ2v) is 7.02. The molecule has 10 nitrogen and oxygen atoms in total. The molecule has 0 saturated heterocycles. The Hall–Kier alpha value is -3.30. The van der Waals surface area contributed by atoms with Gasteiger partial charge in [-0.1, -0.05) is 0 Å². The molecule has 1 unspecified atom stereocenters. The zero-order valence-electron chi connectivity index (χ0n) is 17.5. The maximum atomic E-state index is 12.4. The van der Waals surface area contributed by atoms with Gasteiger partial charge in [-0.15, -0.1) is 0 Å². The smallest absolute Gasteiger partial charge is 0.306 e. The first-order valence-electron chi connectivity index (χ1n) is 9.35. The van der Waals surface area contributed by atoms with E-state index in [2.05, 4.69) is 25.5 Å². The Morgan fingerprint density at radius 3 is 2.55 bits per heavy atom.